The lowest BCUT2D eigenvalue weighted by Crippen LogP contribution is -2.08. The number of hydrogen-bond donors (Lipinski definition) is 1. The van der Waals surface area contributed by atoms with Crippen LogP contribution < -0.4 is 0 Å². The fraction of sp³-hybridized carbons (Fsp3) is 0.625. The van der Waals surface area contributed by atoms with Crippen LogP contribution in [0.5, 0.6) is 5.75 Å². The first-order chi connectivity index (χ1) is 13.2. The molecular formula is C24H36O3. The van der Waals surface area contributed by atoms with Gasteiger partial charge in [0, 0.05) is 12.8 Å². The van der Waals surface area contributed by atoms with Crippen molar-refractivity contribution in [1.82, 2.24) is 0 Å². The van der Waals surface area contributed by atoms with E-state index in [-0.39, 0.29) is 5.75 Å². The average Bonchev–Trinajstić information content (AvgIpc) is 2.65. The predicted octanol–water partition coefficient (Wildman–Crippen LogP) is 6.43. The SMILES string of the molecule is CCCCCCC#CCCCCCCCc1cccc(O)c1C(=O)OCC. The number of aryl methyl sites for hydroxylation is 1. The van der Waals surface area contributed by atoms with Gasteiger partial charge in [-0.1, -0.05) is 57.6 Å². The Morgan fingerprint density at radius 1 is 0.926 bits per heavy atom. The van der Waals surface area contributed by atoms with Crippen molar-refractivity contribution in [2.75, 3.05) is 6.61 Å². The predicted molar refractivity (Wildman–Crippen MR) is 112 cm³/mol. The van der Waals surface area contributed by atoms with Crippen LogP contribution in [0, 0.1) is 11.8 Å². The van der Waals surface area contributed by atoms with Crippen LogP contribution in [0.2, 0.25) is 0 Å². The van der Waals surface area contributed by atoms with Gasteiger partial charge in [-0.05, 0) is 44.2 Å². The summed E-state index contributed by atoms with van der Waals surface area (Å²) in [4.78, 5) is 12.0. The zero-order valence-electron chi connectivity index (χ0n) is 17.2. The fourth-order valence-corrected chi connectivity index (χ4v) is 3.11. The second-order valence-corrected chi connectivity index (χ2v) is 6.96. The molecule has 0 amide bonds. The maximum Gasteiger partial charge on any atom is 0.342 e. The Kier molecular flexibility index (Phi) is 12.9. The molecule has 0 saturated heterocycles. The molecule has 27 heavy (non-hydrogen) atoms. The van der Waals surface area contributed by atoms with Gasteiger partial charge in [0.1, 0.15) is 11.3 Å². The third kappa shape index (κ3) is 10.1. The van der Waals surface area contributed by atoms with Crippen molar-refractivity contribution in [3.8, 4) is 17.6 Å². The van der Waals surface area contributed by atoms with Gasteiger partial charge in [0.15, 0.2) is 0 Å². The highest BCUT2D eigenvalue weighted by molar-refractivity contribution is 5.94. The van der Waals surface area contributed by atoms with Gasteiger partial charge >= 0.3 is 5.97 Å². The van der Waals surface area contributed by atoms with Crippen molar-refractivity contribution < 1.29 is 14.6 Å². The van der Waals surface area contributed by atoms with Gasteiger partial charge < -0.3 is 9.84 Å². The van der Waals surface area contributed by atoms with Gasteiger partial charge in [0.2, 0.25) is 0 Å². The van der Waals surface area contributed by atoms with E-state index in [0.717, 1.165) is 37.7 Å². The van der Waals surface area contributed by atoms with Gasteiger partial charge in [-0.3, -0.25) is 0 Å². The Hall–Kier alpha value is -1.95. The molecule has 0 aliphatic carbocycles. The maximum atomic E-state index is 12.0. The van der Waals surface area contributed by atoms with Crippen molar-refractivity contribution in [1.29, 1.82) is 0 Å². The molecule has 0 unspecified atom stereocenters. The maximum absolute atomic E-state index is 12.0. The second kappa shape index (κ2) is 15.1. The number of phenolic OH excluding ortho intramolecular Hbond substituents is 1. The third-order valence-electron chi connectivity index (χ3n) is 4.64. The lowest BCUT2D eigenvalue weighted by atomic mass is 9.99. The molecule has 0 aromatic heterocycles. The van der Waals surface area contributed by atoms with Crippen LogP contribution in [0.1, 0.15) is 100 Å². The van der Waals surface area contributed by atoms with Gasteiger partial charge in [0.05, 0.1) is 6.61 Å². The number of rotatable bonds is 13. The van der Waals surface area contributed by atoms with Gasteiger partial charge in [0.25, 0.3) is 0 Å². The molecule has 1 aromatic carbocycles. The van der Waals surface area contributed by atoms with Crippen LogP contribution in [-0.4, -0.2) is 17.7 Å². The topological polar surface area (TPSA) is 46.5 Å². The van der Waals surface area contributed by atoms with E-state index in [1.807, 2.05) is 6.07 Å². The van der Waals surface area contributed by atoms with Crippen LogP contribution in [0.25, 0.3) is 0 Å². The van der Waals surface area contributed by atoms with Crippen LogP contribution in [0.3, 0.4) is 0 Å². The first kappa shape index (κ1) is 23.1. The minimum Gasteiger partial charge on any atom is -0.507 e. The molecule has 0 atom stereocenters. The van der Waals surface area contributed by atoms with Crippen molar-refractivity contribution in [2.45, 2.75) is 90.9 Å². The van der Waals surface area contributed by atoms with Gasteiger partial charge in [-0.25, -0.2) is 4.79 Å². The van der Waals surface area contributed by atoms with Crippen LogP contribution in [-0.2, 0) is 11.2 Å². The Labute approximate surface area is 165 Å². The molecule has 1 rings (SSSR count). The summed E-state index contributed by atoms with van der Waals surface area (Å²) in [5, 5.41) is 9.98. The molecule has 150 valence electrons. The molecule has 0 bridgehead atoms. The van der Waals surface area contributed by atoms with Crippen LogP contribution in [0.15, 0.2) is 18.2 Å². The lowest BCUT2D eigenvalue weighted by Gasteiger charge is -2.10. The fourth-order valence-electron chi connectivity index (χ4n) is 3.11. The number of ether oxygens (including phenoxy) is 1. The van der Waals surface area contributed by atoms with Gasteiger partial charge in [-0.15, -0.1) is 11.8 Å². The molecule has 1 N–H and O–H groups in total. The third-order valence-corrected chi connectivity index (χ3v) is 4.64. The second-order valence-electron chi connectivity index (χ2n) is 6.96. The highest BCUT2D eigenvalue weighted by Crippen LogP contribution is 2.24. The molecule has 0 spiro atoms. The summed E-state index contributed by atoms with van der Waals surface area (Å²) < 4.78 is 5.06. The summed E-state index contributed by atoms with van der Waals surface area (Å²) in [7, 11) is 0. The molecular weight excluding hydrogens is 336 g/mol. The Bertz CT molecular complexity index is 595. The summed E-state index contributed by atoms with van der Waals surface area (Å²) in [5.41, 5.74) is 1.20. The lowest BCUT2D eigenvalue weighted by molar-refractivity contribution is 0.0521. The van der Waals surface area contributed by atoms with E-state index < -0.39 is 5.97 Å². The first-order valence-corrected chi connectivity index (χ1v) is 10.6. The molecule has 0 fully saturated rings. The molecule has 0 saturated carbocycles. The Morgan fingerprint density at radius 2 is 1.56 bits per heavy atom. The molecule has 1 aromatic rings. The van der Waals surface area contributed by atoms with E-state index >= 15 is 0 Å². The van der Waals surface area contributed by atoms with E-state index in [0.29, 0.717) is 12.2 Å². The quantitative estimate of drug-likeness (QED) is 0.247. The normalized spacial score (nSPS) is 10.3. The molecule has 0 aliphatic rings. The van der Waals surface area contributed by atoms with Crippen molar-refractivity contribution >= 4 is 5.97 Å². The number of carbonyl (C=O) groups excluding carboxylic acids is 1. The summed E-state index contributed by atoms with van der Waals surface area (Å²) in [6.45, 7) is 4.32. The number of esters is 1. The summed E-state index contributed by atoms with van der Waals surface area (Å²) in [6.07, 6.45) is 13.7. The van der Waals surface area contributed by atoms with E-state index in [1.54, 1.807) is 19.1 Å². The number of hydrogen-bond acceptors (Lipinski definition) is 3. The molecule has 3 nitrogen and oxygen atoms in total. The van der Waals surface area contributed by atoms with E-state index in [2.05, 4.69) is 18.8 Å². The summed E-state index contributed by atoms with van der Waals surface area (Å²) in [6, 6.07) is 5.23. The molecule has 3 heteroatoms. The van der Waals surface area contributed by atoms with E-state index in [9.17, 15) is 9.90 Å². The largest absolute Gasteiger partial charge is 0.507 e. The number of carbonyl (C=O) groups is 1. The number of benzene rings is 1. The first-order valence-electron chi connectivity index (χ1n) is 10.6. The average molecular weight is 373 g/mol. The molecule has 0 radical (unpaired) electrons. The number of aromatic hydroxyl groups is 1. The van der Waals surface area contributed by atoms with Crippen molar-refractivity contribution in [2.24, 2.45) is 0 Å². The van der Waals surface area contributed by atoms with Crippen molar-refractivity contribution in [3.63, 3.8) is 0 Å². The number of phenols is 1. The Morgan fingerprint density at radius 3 is 2.22 bits per heavy atom. The van der Waals surface area contributed by atoms with Gasteiger partial charge in [-0.2, -0.15) is 0 Å². The minimum absolute atomic E-state index is 0.0132. The van der Waals surface area contributed by atoms with Crippen molar-refractivity contribution in [3.05, 3.63) is 29.3 Å². The van der Waals surface area contributed by atoms with Crippen LogP contribution in [0.4, 0.5) is 0 Å². The van der Waals surface area contributed by atoms with E-state index in [4.69, 9.17) is 4.74 Å². The van der Waals surface area contributed by atoms with E-state index in [1.165, 1.54) is 44.9 Å². The molecule has 0 heterocycles. The zero-order chi connectivity index (χ0) is 19.7. The summed E-state index contributed by atoms with van der Waals surface area (Å²) >= 11 is 0. The standard InChI is InChI=1S/C24H36O3/c1-3-5-6-7-8-9-10-11-12-13-14-15-16-18-21-19-17-20-22(25)23(21)24(26)27-4-2/h17,19-20,25H,3-8,11-16,18H2,1-2H3. The molecule has 0 aliphatic heterocycles. The number of unbranched alkanes of at least 4 members (excludes halogenated alkanes) is 9. The smallest absolute Gasteiger partial charge is 0.342 e. The Balaban J connectivity index is 2.18. The zero-order valence-corrected chi connectivity index (χ0v) is 17.2. The minimum atomic E-state index is -0.432. The highest BCUT2D eigenvalue weighted by Gasteiger charge is 2.16. The summed E-state index contributed by atoms with van der Waals surface area (Å²) in [5.74, 6) is 6.15. The monoisotopic (exact) mass is 372 g/mol. The van der Waals surface area contributed by atoms with Crippen LogP contribution >= 0.6 is 0 Å². The highest BCUT2D eigenvalue weighted by atomic mass is 16.5.